The van der Waals surface area contributed by atoms with Crippen LogP contribution in [0.15, 0.2) is 35.9 Å². The number of para-hydroxylation sites is 1. The summed E-state index contributed by atoms with van der Waals surface area (Å²) in [6.45, 7) is 8.40. The second kappa shape index (κ2) is 10.8. The van der Waals surface area contributed by atoms with Crippen LogP contribution in [0.5, 0.6) is 0 Å². The van der Waals surface area contributed by atoms with Crippen molar-refractivity contribution in [3.8, 4) is 6.07 Å². The van der Waals surface area contributed by atoms with Gasteiger partial charge in [0.1, 0.15) is 11.6 Å². The lowest BCUT2D eigenvalue weighted by molar-refractivity contribution is -0.142. The van der Waals surface area contributed by atoms with E-state index in [4.69, 9.17) is 4.74 Å². The van der Waals surface area contributed by atoms with Gasteiger partial charge in [-0.1, -0.05) is 26.0 Å². The SMILES string of the molecule is Cc1cc(/C=C(\C#N)C(=O)OCC(=O)Nc2ccccc2C(=O)NC2CC2)c(C)n1CC(C)C. The number of esters is 1. The van der Waals surface area contributed by atoms with Gasteiger partial charge >= 0.3 is 5.97 Å². The highest BCUT2D eigenvalue weighted by atomic mass is 16.5. The Balaban J connectivity index is 1.63. The van der Waals surface area contributed by atoms with Gasteiger partial charge in [-0.2, -0.15) is 5.26 Å². The fourth-order valence-electron chi connectivity index (χ4n) is 3.59. The molecule has 2 aromatic rings. The Kier molecular flexibility index (Phi) is 7.90. The average molecular weight is 463 g/mol. The van der Waals surface area contributed by atoms with Gasteiger partial charge in [-0.15, -0.1) is 0 Å². The third kappa shape index (κ3) is 6.35. The molecular weight excluding hydrogens is 432 g/mol. The number of amides is 2. The molecule has 3 rings (SSSR count). The van der Waals surface area contributed by atoms with E-state index in [0.717, 1.165) is 36.3 Å². The molecule has 1 heterocycles. The number of hydrogen-bond donors (Lipinski definition) is 2. The van der Waals surface area contributed by atoms with Crippen LogP contribution in [0, 0.1) is 31.1 Å². The molecule has 178 valence electrons. The number of ether oxygens (including phenoxy) is 1. The van der Waals surface area contributed by atoms with Crippen molar-refractivity contribution in [3.05, 3.63) is 58.4 Å². The van der Waals surface area contributed by atoms with Crippen molar-refractivity contribution in [3.63, 3.8) is 0 Å². The third-order valence-corrected chi connectivity index (χ3v) is 5.49. The van der Waals surface area contributed by atoms with E-state index in [2.05, 4.69) is 29.0 Å². The number of benzene rings is 1. The second-order valence-corrected chi connectivity index (χ2v) is 8.92. The molecule has 8 nitrogen and oxygen atoms in total. The first-order chi connectivity index (χ1) is 16.2. The van der Waals surface area contributed by atoms with Gasteiger partial charge in [0.15, 0.2) is 6.61 Å². The van der Waals surface area contributed by atoms with E-state index >= 15 is 0 Å². The molecule has 1 aliphatic carbocycles. The number of nitrogens with zero attached hydrogens (tertiary/aromatic N) is 2. The van der Waals surface area contributed by atoms with Crippen molar-refractivity contribution in [2.45, 2.75) is 53.1 Å². The number of hydrogen-bond acceptors (Lipinski definition) is 5. The van der Waals surface area contributed by atoms with Gasteiger partial charge in [-0.3, -0.25) is 9.59 Å². The van der Waals surface area contributed by atoms with E-state index < -0.39 is 18.5 Å². The monoisotopic (exact) mass is 462 g/mol. The van der Waals surface area contributed by atoms with Gasteiger partial charge in [-0.05, 0) is 62.4 Å². The van der Waals surface area contributed by atoms with Crippen LogP contribution in [0.4, 0.5) is 5.69 Å². The molecular formula is C26H30N4O4. The van der Waals surface area contributed by atoms with Crippen molar-refractivity contribution >= 4 is 29.5 Å². The average Bonchev–Trinajstić information content (AvgIpc) is 3.57. The number of nitrogens with one attached hydrogen (secondary N) is 2. The van der Waals surface area contributed by atoms with Gasteiger partial charge in [0.05, 0.1) is 11.3 Å². The zero-order valence-electron chi connectivity index (χ0n) is 20.0. The summed E-state index contributed by atoms with van der Waals surface area (Å²) < 4.78 is 7.21. The summed E-state index contributed by atoms with van der Waals surface area (Å²) >= 11 is 0. The summed E-state index contributed by atoms with van der Waals surface area (Å²) in [4.78, 5) is 37.2. The van der Waals surface area contributed by atoms with E-state index in [9.17, 15) is 19.6 Å². The number of carbonyl (C=O) groups excluding carboxylic acids is 3. The molecule has 8 heteroatoms. The van der Waals surface area contributed by atoms with Gasteiger partial charge in [0, 0.05) is 24.0 Å². The Labute approximate surface area is 199 Å². The van der Waals surface area contributed by atoms with Gasteiger partial charge in [0.25, 0.3) is 11.8 Å². The number of rotatable bonds is 9. The molecule has 1 aromatic carbocycles. The third-order valence-electron chi connectivity index (χ3n) is 5.49. The fraction of sp³-hybridized carbons (Fsp3) is 0.385. The Morgan fingerprint density at radius 3 is 2.59 bits per heavy atom. The molecule has 0 unspecified atom stereocenters. The fourth-order valence-corrected chi connectivity index (χ4v) is 3.59. The smallest absolute Gasteiger partial charge is 0.349 e. The summed E-state index contributed by atoms with van der Waals surface area (Å²) in [5.74, 6) is -1.30. The normalized spacial score (nSPS) is 13.4. The van der Waals surface area contributed by atoms with Crippen LogP contribution in [0.25, 0.3) is 6.08 Å². The highest BCUT2D eigenvalue weighted by Gasteiger charge is 2.25. The van der Waals surface area contributed by atoms with Crippen LogP contribution < -0.4 is 10.6 Å². The molecule has 0 bridgehead atoms. The minimum absolute atomic E-state index is 0.183. The van der Waals surface area contributed by atoms with Gasteiger partial charge in [-0.25, -0.2) is 4.79 Å². The molecule has 2 amide bonds. The molecule has 0 radical (unpaired) electrons. The summed E-state index contributed by atoms with van der Waals surface area (Å²) in [6.07, 6.45) is 3.38. The molecule has 1 aliphatic rings. The Morgan fingerprint density at radius 2 is 1.94 bits per heavy atom. The van der Waals surface area contributed by atoms with Crippen molar-refractivity contribution in [1.82, 2.24) is 9.88 Å². The lowest BCUT2D eigenvalue weighted by atomic mass is 10.1. The van der Waals surface area contributed by atoms with E-state index in [1.165, 1.54) is 6.08 Å². The zero-order chi connectivity index (χ0) is 24.8. The molecule has 0 saturated heterocycles. The van der Waals surface area contributed by atoms with Crippen LogP contribution >= 0.6 is 0 Å². The molecule has 0 aliphatic heterocycles. The van der Waals surface area contributed by atoms with Crippen LogP contribution in [-0.4, -0.2) is 35.0 Å². The highest BCUT2D eigenvalue weighted by molar-refractivity contribution is 6.05. The zero-order valence-corrected chi connectivity index (χ0v) is 20.0. The molecule has 34 heavy (non-hydrogen) atoms. The molecule has 1 aromatic heterocycles. The highest BCUT2D eigenvalue weighted by Crippen LogP contribution is 2.22. The second-order valence-electron chi connectivity index (χ2n) is 8.92. The van der Waals surface area contributed by atoms with E-state index in [1.807, 2.05) is 26.0 Å². The molecule has 1 fully saturated rings. The van der Waals surface area contributed by atoms with Gasteiger partial charge in [0.2, 0.25) is 0 Å². The Bertz CT molecular complexity index is 1170. The minimum Gasteiger partial charge on any atom is -0.451 e. The standard InChI is InChI=1S/C26H30N4O4/c1-16(2)14-30-17(3)11-19(18(30)4)12-20(13-27)26(33)34-15-24(31)29-23-8-6-5-7-22(23)25(32)28-21-9-10-21/h5-8,11-12,16,21H,9-10,14-15H2,1-4H3,(H,28,32)(H,29,31)/b20-12+. The first-order valence-electron chi connectivity index (χ1n) is 11.3. The van der Waals surface area contributed by atoms with E-state index in [-0.39, 0.29) is 17.5 Å². The van der Waals surface area contributed by atoms with Crippen molar-refractivity contribution in [1.29, 1.82) is 5.26 Å². The van der Waals surface area contributed by atoms with Gasteiger partial charge < -0.3 is 19.9 Å². The van der Waals surface area contributed by atoms with Crippen LogP contribution in [0.3, 0.4) is 0 Å². The largest absolute Gasteiger partial charge is 0.451 e. The van der Waals surface area contributed by atoms with E-state index in [1.54, 1.807) is 24.3 Å². The summed E-state index contributed by atoms with van der Waals surface area (Å²) in [5, 5.41) is 15.0. The maximum absolute atomic E-state index is 12.5. The topological polar surface area (TPSA) is 113 Å². The minimum atomic E-state index is -0.883. The molecule has 0 spiro atoms. The number of aryl methyl sites for hydroxylation is 1. The quantitative estimate of drug-likeness (QED) is 0.335. The molecule has 0 atom stereocenters. The summed E-state index contributed by atoms with van der Waals surface area (Å²) in [5.41, 5.74) is 3.21. The number of aromatic nitrogens is 1. The lowest BCUT2D eigenvalue weighted by Crippen LogP contribution is -2.28. The predicted octanol–water partition coefficient (Wildman–Crippen LogP) is 3.74. The molecule has 1 saturated carbocycles. The summed E-state index contributed by atoms with van der Waals surface area (Å²) in [6, 6.07) is 10.6. The number of carbonyl (C=O) groups is 3. The first kappa shape index (κ1) is 24.8. The predicted molar refractivity (Wildman–Crippen MR) is 129 cm³/mol. The Morgan fingerprint density at radius 1 is 1.24 bits per heavy atom. The number of anilines is 1. The maximum Gasteiger partial charge on any atom is 0.349 e. The van der Waals surface area contributed by atoms with Crippen molar-refractivity contribution < 1.29 is 19.1 Å². The number of nitriles is 1. The van der Waals surface area contributed by atoms with Crippen molar-refractivity contribution in [2.24, 2.45) is 5.92 Å². The first-order valence-corrected chi connectivity index (χ1v) is 11.3. The summed E-state index contributed by atoms with van der Waals surface area (Å²) in [7, 11) is 0. The van der Waals surface area contributed by atoms with Crippen molar-refractivity contribution in [2.75, 3.05) is 11.9 Å². The van der Waals surface area contributed by atoms with Crippen LogP contribution in [0.2, 0.25) is 0 Å². The molecule has 2 N–H and O–H groups in total. The van der Waals surface area contributed by atoms with Crippen LogP contribution in [0.1, 0.15) is 54.0 Å². The van der Waals surface area contributed by atoms with Crippen LogP contribution in [-0.2, 0) is 20.9 Å². The maximum atomic E-state index is 12.5. The lowest BCUT2D eigenvalue weighted by Gasteiger charge is -2.12. The van der Waals surface area contributed by atoms with E-state index in [0.29, 0.717) is 17.2 Å². The Hall–Kier alpha value is -3.86.